The molecule has 1 aromatic carbocycles. The summed E-state index contributed by atoms with van der Waals surface area (Å²) in [5, 5.41) is 7.46. The summed E-state index contributed by atoms with van der Waals surface area (Å²) in [5.74, 6) is -0.448. The smallest absolute Gasteiger partial charge is 0.272 e. The van der Waals surface area contributed by atoms with Crippen molar-refractivity contribution in [2.45, 2.75) is 38.5 Å². The van der Waals surface area contributed by atoms with Crippen molar-refractivity contribution in [2.24, 2.45) is 0 Å². The van der Waals surface area contributed by atoms with Gasteiger partial charge in [-0.2, -0.15) is 5.10 Å². The number of methoxy groups -OCH3 is 1. The lowest BCUT2D eigenvalue weighted by Gasteiger charge is -2.25. The molecule has 2 aromatic heterocycles. The Bertz CT molecular complexity index is 1160. The minimum Gasteiger partial charge on any atom is -0.495 e. The predicted octanol–water partition coefficient (Wildman–Crippen LogP) is 3.21. The maximum Gasteiger partial charge on any atom is 0.272 e. The summed E-state index contributed by atoms with van der Waals surface area (Å²) in [5.41, 5.74) is 2.87. The number of nitrogens with zero attached hydrogens (tertiary/aromatic N) is 4. The van der Waals surface area contributed by atoms with Crippen molar-refractivity contribution in [3.63, 3.8) is 0 Å². The first-order valence-corrected chi connectivity index (χ1v) is 10.5. The van der Waals surface area contributed by atoms with Gasteiger partial charge >= 0.3 is 0 Å². The minimum absolute atomic E-state index is 0.0843. The van der Waals surface area contributed by atoms with E-state index in [1.807, 2.05) is 4.57 Å². The summed E-state index contributed by atoms with van der Waals surface area (Å²) < 4.78 is 29.0. The molecular weight excluding hydrogens is 425 g/mol. The van der Waals surface area contributed by atoms with Gasteiger partial charge in [0.05, 0.1) is 50.3 Å². The number of carbonyl (C=O) groups is 1. The van der Waals surface area contributed by atoms with Crippen LogP contribution in [0.1, 0.15) is 46.3 Å². The lowest BCUT2D eigenvalue weighted by molar-refractivity contribution is 0.0683. The van der Waals surface area contributed by atoms with Crippen molar-refractivity contribution >= 4 is 17.5 Å². The summed E-state index contributed by atoms with van der Waals surface area (Å²) >= 11 is 6.36. The van der Waals surface area contributed by atoms with Crippen LogP contribution in [-0.4, -0.2) is 39.0 Å². The number of hydrogen-bond acceptors (Lipinski definition) is 5. The normalized spacial score (nSPS) is 17.7. The molecule has 4 heterocycles. The number of halogens is 2. The molecule has 5 rings (SSSR count). The molecule has 0 radical (unpaired) electrons. The van der Waals surface area contributed by atoms with Crippen molar-refractivity contribution in [1.82, 2.24) is 24.6 Å². The van der Waals surface area contributed by atoms with Crippen molar-refractivity contribution in [3.8, 4) is 11.4 Å². The molecule has 3 aromatic rings. The highest BCUT2D eigenvalue weighted by molar-refractivity contribution is 6.33. The van der Waals surface area contributed by atoms with E-state index in [-0.39, 0.29) is 29.8 Å². The SMILES string of the molecule is COc1ccc(F)c(-n2ncc3c2COC[C@H]3NC(=O)c2ncn3c2CCCC3)c1Cl. The van der Waals surface area contributed by atoms with Gasteiger partial charge in [-0.15, -0.1) is 0 Å². The lowest BCUT2D eigenvalue weighted by atomic mass is 10.0. The number of aromatic nitrogens is 4. The van der Waals surface area contributed by atoms with E-state index in [4.69, 9.17) is 21.1 Å². The van der Waals surface area contributed by atoms with E-state index < -0.39 is 11.9 Å². The van der Waals surface area contributed by atoms with Crippen LogP contribution in [0.25, 0.3) is 5.69 Å². The molecule has 162 valence electrons. The number of benzene rings is 1. The molecule has 8 nitrogen and oxygen atoms in total. The second-order valence-electron chi connectivity index (χ2n) is 7.60. The molecule has 0 saturated carbocycles. The van der Waals surface area contributed by atoms with Gasteiger partial charge in [-0.1, -0.05) is 11.6 Å². The van der Waals surface area contributed by atoms with Crippen LogP contribution in [0.5, 0.6) is 5.75 Å². The fourth-order valence-electron chi connectivity index (χ4n) is 4.22. The zero-order valence-electron chi connectivity index (χ0n) is 16.9. The highest BCUT2D eigenvalue weighted by atomic mass is 35.5. The Kier molecular flexibility index (Phi) is 5.15. The largest absolute Gasteiger partial charge is 0.495 e. The molecule has 2 aliphatic rings. The Balaban J connectivity index is 1.46. The number of fused-ring (bicyclic) bond motifs is 2. The number of aryl methyl sites for hydroxylation is 1. The zero-order chi connectivity index (χ0) is 21.5. The number of amides is 1. The number of ether oxygens (including phenoxy) is 2. The molecular formula is C21H21ClFN5O3. The number of hydrogen-bond donors (Lipinski definition) is 1. The van der Waals surface area contributed by atoms with Crippen LogP contribution in [0.3, 0.4) is 0 Å². The number of nitrogens with one attached hydrogen (secondary N) is 1. The molecule has 31 heavy (non-hydrogen) atoms. The molecule has 2 aliphatic heterocycles. The third-order valence-electron chi connectivity index (χ3n) is 5.79. The van der Waals surface area contributed by atoms with Gasteiger partial charge in [-0.05, 0) is 31.4 Å². The Labute approximate surface area is 182 Å². The van der Waals surface area contributed by atoms with Gasteiger partial charge in [0.2, 0.25) is 0 Å². The second-order valence-corrected chi connectivity index (χ2v) is 7.98. The highest BCUT2D eigenvalue weighted by Gasteiger charge is 2.30. The average molecular weight is 446 g/mol. The number of carbonyl (C=O) groups excluding carboxylic acids is 1. The van der Waals surface area contributed by atoms with E-state index in [2.05, 4.69) is 15.4 Å². The number of imidazole rings is 1. The van der Waals surface area contributed by atoms with E-state index in [1.54, 1.807) is 12.5 Å². The van der Waals surface area contributed by atoms with Gasteiger partial charge in [0.1, 0.15) is 22.2 Å². The predicted molar refractivity (Wildman–Crippen MR) is 110 cm³/mol. The van der Waals surface area contributed by atoms with Crippen molar-refractivity contribution in [2.75, 3.05) is 13.7 Å². The maximum atomic E-state index is 14.6. The van der Waals surface area contributed by atoms with Gasteiger partial charge in [0.25, 0.3) is 5.91 Å². The monoisotopic (exact) mass is 445 g/mol. The van der Waals surface area contributed by atoms with Crippen LogP contribution in [0.15, 0.2) is 24.7 Å². The Morgan fingerprint density at radius 1 is 1.35 bits per heavy atom. The second kappa shape index (κ2) is 7.97. The van der Waals surface area contributed by atoms with Crippen molar-refractivity contribution < 1.29 is 18.7 Å². The topological polar surface area (TPSA) is 83.2 Å². The molecule has 0 bridgehead atoms. The van der Waals surface area contributed by atoms with E-state index >= 15 is 0 Å². The van der Waals surface area contributed by atoms with Crippen LogP contribution in [0, 0.1) is 5.82 Å². The fourth-order valence-corrected chi connectivity index (χ4v) is 4.54. The quantitative estimate of drug-likeness (QED) is 0.666. The molecule has 10 heteroatoms. The van der Waals surface area contributed by atoms with Gasteiger partial charge in [-0.3, -0.25) is 4.79 Å². The zero-order valence-corrected chi connectivity index (χ0v) is 17.7. The molecule has 1 atom stereocenters. The Morgan fingerprint density at radius 3 is 3.06 bits per heavy atom. The van der Waals surface area contributed by atoms with Crippen LogP contribution < -0.4 is 10.1 Å². The molecule has 0 unspecified atom stereocenters. The summed E-state index contributed by atoms with van der Waals surface area (Å²) in [7, 11) is 1.46. The first-order valence-electron chi connectivity index (χ1n) is 10.1. The molecule has 0 fully saturated rings. The molecule has 1 N–H and O–H groups in total. The van der Waals surface area contributed by atoms with Crippen LogP contribution in [0.2, 0.25) is 5.02 Å². The van der Waals surface area contributed by atoms with Gasteiger partial charge in [-0.25, -0.2) is 14.1 Å². The van der Waals surface area contributed by atoms with Crippen LogP contribution >= 0.6 is 11.6 Å². The summed E-state index contributed by atoms with van der Waals surface area (Å²) in [4.78, 5) is 17.3. The fraction of sp³-hybridized carbons (Fsp3) is 0.381. The summed E-state index contributed by atoms with van der Waals surface area (Å²) in [6.45, 7) is 1.38. The van der Waals surface area contributed by atoms with Crippen molar-refractivity contribution in [1.29, 1.82) is 0 Å². The summed E-state index contributed by atoms with van der Waals surface area (Å²) in [6, 6.07) is 2.31. The van der Waals surface area contributed by atoms with Crippen molar-refractivity contribution in [3.05, 3.63) is 58.1 Å². The highest BCUT2D eigenvalue weighted by Crippen LogP contribution is 2.35. The standard InChI is InChI=1S/C21H21ClFN5O3/c1-30-17-6-5-13(23)20(18(17)22)28-16-10-31-9-14(12(16)8-25-28)26-21(29)19-15-4-2-3-7-27(15)11-24-19/h5-6,8,11,14H,2-4,7,9-10H2,1H3,(H,26,29)/t14-/m1/s1. The minimum atomic E-state index is -0.535. The third-order valence-corrected chi connectivity index (χ3v) is 6.16. The summed E-state index contributed by atoms with van der Waals surface area (Å²) in [6.07, 6.45) is 6.30. The van der Waals surface area contributed by atoms with E-state index in [0.29, 0.717) is 17.1 Å². The van der Waals surface area contributed by atoms with Crippen LogP contribution in [-0.2, 0) is 24.3 Å². The molecule has 0 aliphatic carbocycles. The lowest BCUT2D eigenvalue weighted by Crippen LogP contribution is -2.35. The van der Waals surface area contributed by atoms with E-state index in [0.717, 1.165) is 37.1 Å². The van der Waals surface area contributed by atoms with Gasteiger partial charge in [0, 0.05) is 12.1 Å². The molecule has 1 amide bonds. The number of rotatable bonds is 4. The van der Waals surface area contributed by atoms with Gasteiger partial charge in [0.15, 0.2) is 5.82 Å². The maximum absolute atomic E-state index is 14.6. The molecule has 0 spiro atoms. The molecule has 0 saturated heterocycles. The van der Waals surface area contributed by atoms with Crippen LogP contribution in [0.4, 0.5) is 4.39 Å². The van der Waals surface area contributed by atoms with E-state index in [1.165, 1.54) is 23.9 Å². The first kappa shape index (κ1) is 20.0. The van der Waals surface area contributed by atoms with E-state index in [9.17, 15) is 9.18 Å². The Morgan fingerprint density at radius 2 is 2.23 bits per heavy atom. The third kappa shape index (κ3) is 3.37. The average Bonchev–Trinajstić information content (AvgIpc) is 3.39. The Hall–Kier alpha value is -2.91. The van der Waals surface area contributed by atoms with Gasteiger partial charge < -0.3 is 19.4 Å². The first-order chi connectivity index (χ1) is 15.1.